The SMILES string of the molecule is CC(C)CC1NCCc2c1ncn2C(C)C. The van der Waals surface area contributed by atoms with Gasteiger partial charge in [0.2, 0.25) is 0 Å². The monoisotopic (exact) mass is 221 g/mol. The highest BCUT2D eigenvalue weighted by Crippen LogP contribution is 2.28. The molecule has 3 nitrogen and oxygen atoms in total. The highest BCUT2D eigenvalue weighted by molar-refractivity contribution is 5.21. The molecule has 0 spiro atoms. The Morgan fingerprint density at radius 3 is 2.81 bits per heavy atom. The summed E-state index contributed by atoms with van der Waals surface area (Å²) in [5, 5.41) is 3.58. The Balaban J connectivity index is 2.26. The summed E-state index contributed by atoms with van der Waals surface area (Å²) in [5.74, 6) is 0.715. The topological polar surface area (TPSA) is 29.9 Å². The first kappa shape index (κ1) is 11.6. The average Bonchev–Trinajstić information content (AvgIpc) is 2.61. The average molecular weight is 221 g/mol. The molecular formula is C13H23N3. The molecule has 0 saturated carbocycles. The van der Waals surface area contributed by atoms with Gasteiger partial charge in [-0.05, 0) is 26.2 Å². The van der Waals surface area contributed by atoms with Crippen molar-refractivity contribution in [1.29, 1.82) is 0 Å². The number of hydrogen-bond donors (Lipinski definition) is 1. The molecule has 1 aromatic heterocycles. The molecule has 2 rings (SSSR count). The molecule has 1 aliphatic heterocycles. The van der Waals surface area contributed by atoms with Crippen LogP contribution in [0.15, 0.2) is 6.33 Å². The van der Waals surface area contributed by atoms with E-state index in [0.717, 1.165) is 13.0 Å². The van der Waals surface area contributed by atoms with Crippen molar-refractivity contribution in [3.05, 3.63) is 17.7 Å². The molecule has 1 atom stereocenters. The number of aromatic nitrogens is 2. The highest BCUT2D eigenvalue weighted by Gasteiger charge is 2.25. The summed E-state index contributed by atoms with van der Waals surface area (Å²) >= 11 is 0. The van der Waals surface area contributed by atoms with Crippen LogP contribution in [0, 0.1) is 5.92 Å². The summed E-state index contributed by atoms with van der Waals surface area (Å²) in [6.45, 7) is 10.1. The Kier molecular flexibility index (Phi) is 3.33. The fraction of sp³-hybridized carbons (Fsp3) is 0.769. The standard InChI is InChI=1S/C13H23N3/c1-9(2)7-11-13-12(5-6-14-11)16(8-15-13)10(3)4/h8-11,14H,5-7H2,1-4H3. The summed E-state index contributed by atoms with van der Waals surface area (Å²) < 4.78 is 2.32. The summed E-state index contributed by atoms with van der Waals surface area (Å²) in [6.07, 6.45) is 4.31. The van der Waals surface area contributed by atoms with Crippen LogP contribution in [-0.2, 0) is 6.42 Å². The van der Waals surface area contributed by atoms with Gasteiger partial charge in [0, 0.05) is 24.7 Å². The number of hydrogen-bond acceptors (Lipinski definition) is 2. The van der Waals surface area contributed by atoms with Crippen molar-refractivity contribution in [3.8, 4) is 0 Å². The van der Waals surface area contributed by atoms with Gasteiger partial charge in [0.05, 0.1) is 18.1 Å². The summed E-state index contributed by atoms with van der Waals surface area (Å²) in [7, 11) is 0. The first-order valence-electron chi connectivity index (χ1n) is 6.38. The molecule has 3 heteroatoms. The van der Waals surface area contributed by atoms with Crippen molar-refractivity contribution >= 4 is 0 Å². The zero-order valence-corrected chi connectivity index (χ0v) is 10.8. The maximum Gasteiger partial charge on any atom is 0.0954 e. The predicted molar refractivity (Wildman–Crippen MR) is 66.5 cm³/mol. The van der Waals surface area contributed by atoms with Crippen LogP contribution in [-0.4, -0.2) is 16.1 Å². The van der Waals surface area contributed by atoms with Crippen LogP contribution in [0.3, 0.4) is 0 Å². The molecule has 1 N–H and O–H groups in total. The van der Waals surface area contributed by atoms with Crippen LogP contribution in [0.1, 0.15) is 57.6 Å². The fourth-order valence-electron chi connectivity index (χ4n) is 2.52. The molecule has 16 heavy (non-hydrogen) atoms. The number of imidazole rings is 1. The summed E-state index contributed by atoms with van der Waals surface area (Å²) in [6, 6.07) is 0.984. The molecule has 0 aliphatic carbocycles. The number of nitrogens with zero attached hydrogens (tertiary/aromatic N) is 2. The van der Waals surface area contributed by atoms with E-state index in [4.69, 9.17) is 0 Å². The van der Waals surface area contributed by atoms with E-state index in [-0.39, 0.29) is 0 Å². The first-order chi connectivity index (χ1) is 7.59. The molecule has 0 aromatic carbocycles. The van der Waals surface area contributed by atoms with Crippen LogP contribution < -0.4 is 5.32 Å². The van der Waals surface area contributed by atoms with E-state index >= 15 is 0 Å². The van der Waals surface area contributed by atoms with E-state index in [1.165, 1.54) is 17.8 Å². The van der Waals surface area contributed by atoms with E-state index in [9.17, 15) is 0 Å². The van der Waals surface area contributed by atoms with E-state index in [1.54, 1.807) is 0 Å². The van der Waals surface area contributed by atoms with Gasteiger partial charge in [0.15, 0.2) is 0 Å². The van der Waals surface area contributed by atoms with Gasteiger partial charge < -0.3 is 9.88 Å². The van der Waals surface area contributed by atoms with Crippen molar-refractivity contribution in [2.75, 3.05) is 6.54 Å². The van der Waals surface area contributed by atoms with Crippen LogP contribution in [0.4, 0.5) is 0 Å². The molecule has 0 saturated heterocycles. The van der Waals surface area contributed by atoms with E-state index in [2.05, 4.69) is 42.6 Å². The van der Waals surface area contributed by atoms with E-state index < -0.39 is 0 Å². The maximum absolute atomic E-state index is 4.61. The highest BCUT2D eigenvalue weighted by atomic mass is 15.1. The largest absolute Gasteiger partial charge is 0.332 e. The molecule has 2 heterocycles. The second kappa shape index (κ2) is 4.58. The molecule has 1 unspecified atom stereocenters. The quantitative estimate of drug-likeness (QED) is 0.850. The Hall–Kier alpha value is -0.830. The predicted octanol–water partition coefficient (Wildman–Crippen LogP) is 2.70. The Labute approximate surface area is 98.3 Å². The lowest BCUT2D eigenvalue weighted by molar-refractivity contribution is 0.400. The van der Waals surface area contributed by atoms with Crippen LogP contribution >= 0.6 is 0 Å². The van der Waals surface area contributed by atoms with Gasteiger partial charge in [-0.3, -0.25) is 0 Å². The van der Waals surface area contributed by atoms with Crippen LogP contribution in [0.25, 0.3) is 0 Å². The third kappa shape index (κ3) is 2.14. The Bertz CT molecular complexity index is 352. The molecule has 1 aromatic rings. The van der Waals surface area contributed by atoms with Gasteiger partial charge in [-0.2, -0.15) is 0 Å². The maximum atomic E-state index is 4.61. The molecule has 90 valence electrons. The van der Waals surface area contributed by atoms with Gasteiger partial charge in [0.25, 0.3) is 0 Å². The number of rotatable bonds is 3. The van der Waals surface area contributed by atoms with Crippen molar-refractivity contribution in [1.82, 2.24) is 14.9 Å². The number of nitrogens with one attached hydrogen (secondary N) is 1. The minimum Gasteiger partial charge on any atom is -0.332 e. The van der Waals surface area contributed by atoms with Crippen molar-refractivity contribution in [2.45, 2.75) is 52.6 Å². The van der Waals surface area contributed by atoms with Crippen molar-refractivity contribution < 1.29 is 0 Å². The third-order valence-corrected chi connectivity index (χ3v) is 3.27. The lowest BCUT2D eigenvalue weighted by atomic mass is 9.96. The fourth-order valence-corrected chi connectivity index (χ4v) is 2.52. The second-order valence-electron chi connectivity index (χ2n) is 5.46. The summed E-state index contributed by atoms with van der Waals surface area (Å²) in [5.41, 5.74) is 2.73. The Morgan fingerprint density at radius 1 is 1.44 bits per heavy atom. The van der Waals surface area contributed by atoms with Gasteiger partial charge >= 0.3 is 0 Å². The van der Waals surface area contributed by atoms with Crippen molar-refractivity contribution in [3.63, 3.8) is 0 Å². The smallest absolute Gasteiger partial charge is 0.0954 e. The lowest BCUT2D eigenvalue weighted by Crippen LogP contribution is -2.31. The van der Waals surface area contributed by atoms with Gasteiger partial charge in [-0.15, -0.1) is 0 Å². The number of fused-ring (bicyclic) bond motifs is 1. The van der Waals surface area contributed by atoms with Crippen LogP contribution in [0.2, 0.25) is 0 Å². The molecule has 0 amide bonds. The lowest BCUT2D eigenvalue weighted by Gasteiger charge is -2.26. The third-order valence-electron chi connectivity index (χ3n) is 3.27. The van der Waals surface area contributed by atoms with E-state index in [0.29, 0.717) is 18.0 Å². The molecular weight excluding hydrogens is 198 g/mol. The molecule has 1 aliphatic rings. The van der Waals surface area contributed by atoms with Crippen molar-refractivity contribution in [2.24, 2.45) is 5.92 Å². The molecule has 0 bridgehead atoms. The minimum atomic E-state index is 0.462. The van der Waals surface area contributed by atoms with Crippen LogP contribution in [0.5, 0.6) is 0 Å². The zero-order chi connectivity index (χ0) is 11.7. The zero-order valence-electron chi connectivity index (χ0n) is 10.8. The van der Waals surface area contributed by atoms with Gasteiger partial charge in [-0.25, -0.2) is 4.98 Å². The molecule has 0 fully saturated rings. The van der Waals surface area contributed by atoms with Gasteiger partial charge in [0.1, 0.15) is 0 Å². The normalized spacial score (nSPS) is 20.5. The summed E-state index contributed by atoms with van der Waals surface area (Å²) in [4.78, 5) is 4.61. The Morgan fingerprint density at radius 2 is 2.19 bits per heavy atom. The van der Waals surface area contributed by atoms with E-state index in [1.807, 2.05) is 6.33 Å². The minimum absolute atomic E-state index is 0.462. The second-order valence-corrected chi connectivity index (χ2v) is 5.46. The molecule has 0 radical (unpaired) electrons. The first-order valence-corrected chi connectivity index (χ1v) is 6.38. The van der Waals surface area contributed by atoms with Gasteiger partial charge in [-0.1, -0.05) is 13.8 Å².